The van der Waals surface area contributed by atoms with Crippen molar-refractivity contribution in [1.29, 1.82) is 0 Å². The topological polar surface area (TPSA) is 25.8 Å². The number of aromatic nitrogens is 2. The molecule has 0 saturated heterocycles. The van der Waals surface area contributed by atoms with Crippen molar-refractivity contribution in [2.75, 3.05) is 0 Å². The van der Waals surface area contributed by atoms with E-state index in [0.29, 0.717) is 5.25 Å². The third-order valence-electron chi connectivity index (χ3n) is 2.34. The van der Waals surface area contributed by atoms with E-state index < -0.39 is 0 Å². The highest BCUT2D eigenvalue weighted by Gasteiger charge is 2.12. The quantitative estimate of drug-likeness (QED) is 0.452. The van der Waals surface area contributed by atoms with Crippen LogP contribution in [-0.4, -0.2) is 9.97 Å². The van der Waals surface area contributed by atoms with E-state index in [1.54, 1.807) is 24.2 Å². The Labute approximate surface area is 106 Å². The molecular weight excluding hydrogens is 228 g/mol. The second kappa shape index (κ2) is 6.21. The molecule has 2 aromatic rings. The van der Waals surface area contributed by atoms with E-state index in [-0.39, 0.29) is 0 Å². The molecule has 0 radical (unpaired) electrons. The van der Waals surface area contributed by atoms with Gasteiger partial charge in [-0.15, -0.1) is 6.58 Å². The van der Waals surface area contributed by atoms with Gasteiger partial charge in [-0.3, -0.25) is 0 Å². The Kier molecular flexibility index (Phi) is 4.33. The standard InChI is InChI=1S/C14H14N2S/c1-2-7-13(12-8-4-3-5-9-12)17-14-15-10-6-11-16-14/h2-6,8-11,13H,1,7H2. The van der Waals surface area contributed by atoms with Crippen LogP contribution in [0.15, 0.2) is 66.6 Å². The molecule has 2 nitrogen and oxygen atoms in total. The minimum atomic E-state index is 0.330. The Bertz CT molecular complexity index is 456. The third-order valence-corrected chi connectivity index (χ3v) is 3.51. The van der Waals surface area contributed by atoms with Crippen LogP contribution in [0.5, 0.6) is 0 Å². The van der Waals surface area contributed by atoms with Crippen LogP contribution in [0.1, 0.15) is 17.2 Å². The van der Waals surface area contributed by atoms with Crippen LogP contribution in [-0.2, 0) is 0 Å². The van der Waals surface area contributed by atoms with E-state index in [0.717, 1.165) is 11.6 Å². The first kappa shape index (κ1) is 11.9. The molecule has 0 spiro atoms. The van der Waals surface area contributed by atoms with Crippen LogP contribution in [0.3, 0.4) is 0 Å². The average molecular weight is 242 g/mol. The lowest BCUT2D eigenvalue weighted by Gasteiger charge is -2.13. The number of hydrogen-bond acceptors (Lipinski definition) is 3. The van der Waals surface area contributed by atoms with Gasteiger partial charge in [0.1, 0.15) is 0 Å². The van der Waals surface area contributed by atoms with Gasteiger partial charge in [0, 0.05) is 17.6 Å². The van der Waals surface area contributed by atoms with E-state index in [9.17, 15) is 0 Å². The molecule has 0 amide bonds. The van der Waals surface area contributed by atoms with Crippen LogP contribution < -0.4 is 0 Å². The van der Waals surface area contributed by atoms with Gasteiger partial charge in [-0.25, -0.2) is 9.97 Å². The summed E-state index contributed by atoms with van der Waals surface area (Å²) >= 11 is 1.67. The van der Waals surface area contributed by atoms with Crippen LogP contribution in [0.2, 0.25) is 0 Å². The molecule has 17 heavy (non-hydrogen) atoms. The summed E-state index contributed by atoms with van der Waals surface area (Å²) in [5.74, 6) is 0. The van der Waals surface area contributed by atoms with Crippen molar-refractivity contribution < 1.29 is 0 Å². The Hall–Kier alpha value is -1.61. The fourth-order valence-electron chi connectivity index (χ4n) is 1.54. The summed E-state index contributed by atoms with van der Waals surface area (Å²) < 4.78 is 0. The minimum Gasteiger partial charge on any atom is -0.231 e. The number of rotatable bonds is 5. The summed E-state index contributed by atoms with van der Waals surface area (Å²) in [6, 6.07) is 12.2. The van der Waals surface area contributed by atoms with E-state index in [4.69, 9.17) is 0 Å². The molecule has 0 aliphatic heterocycles. The maximum atomic E-state index is 4.24. The van der Waals surface area contributed by atoms with Gasteiger partial charge < -0.3 is 0 Å². The first-order chi connectivity index (χ1) is 8.40. The van der Waals surface area contributed by atoms with Gasteiger partial charge in [0.05, 0.1) is 0 Å². The van der Waals surface area contributed by atoms with Crippen molar-refractivity contribution in [3.05, 3.63) is 67.0 Å². The SMILES string of the molecule is C=CCC(Sc1ncccn1)c1ccccc1. The Morgan fingerprint density at radius 3 is 2.47 bits per heavy atom. The third kappa shape index (κ3) is 3.43. The summed E-state index contributed by atoms with van der Waals surface area (Å²) in [6.07, 6.45) is 6.39. The highest BCUT2D eigenvalue weighted by atomic mass is 32.2. The number of hydrogen-bond donors (Lipinski definition) is 0. The van der Waals surface area contributed by atoms with Crippen LogP contribution in [0.25, 0.3) is 0 Å². The normalized spacial score (nSPS) is 12.0. The van der Waals surface area contributed by atoms with Crippen molar-refractivity contribution in [2.45, 2.75) is 16.8 Å². The first-order valence-electron chi connectivity index (χ1n) is 5.49. The second-order valence-electron chi connectivity index (χ2n) is 3.57. The Morgan fingerprint density at radius 2 is 1.82 bits per heavy atom. The molecule has 0 fully saturated rings. The predicted octanol–water partition coefficient (Wildman–Crippen LogP) is 3.89. The van der Waals surface area contributed by atoms with Gasteiger partial charge in [-0.2, -0.15) is 0 Å². The second-order valence-corrected chi connectivity index (χ2v) is 4.74. The molecule has 0 saturated carbocycles. The summed E-state index contributed by atoms with van der Waals surface area (Å²) in [7, 11) is 0. The van der Waals surface area contributed by atoms with Gasteiger partial charge in [0.15, 0.2) is 5.16 Å². The minimum absolute atomic E-state index is 0.330. The maximum Gasteiger partial charge on any atom is 0.188 e. The van der Waals surface area contributed by atoms with Gasteiger partial charge in [-0.1, -0.05) is 48.2 Å². The zero-order chi connectivity index (χ0) is 11.9. The molecule has 1 aromatic heterocycles. The zero-order valence-electron chi connectivity index (χ0n) is 9.49. The van der Waals surface area contributed by atoms with E-state index in [1.807, 2.05) is 18.2 Å². The maximum absolute atomic E-state index is 4.24. The summed E-state index contributed by atoms with van der Waals surface area (Å²) in [5.41, 5.74) is 1.28. The van der Waals surface area contributed by atoms with E-state index >= 15 is 0 Å². The largest absolute Gasteiger partial charge is 0.231 e. The van der Waals surface area contributed by atoms with Crippen LogP contribution in [0, 0.1) is 0 Å². The first-order valence-corrected chi connectivity index (χ1v) is 6.37. The highest BCUT2D eigenvalue weighted by molar-refractivity contribution is 7.99. The molecule has 1 heterocycles. The fraction of sp³-hybridized carbons (Fsp3) is 0.143. The summed E-state index contributed by atoms with van der Waals surface area (Å²) in [4.78, 5) is 8.49. The molecular formula is C14H14N2S. The molecule has 0 aliphatic rings. The number of thioether (sulfide) groups is 1. The molecule has 1 atom stereocenters. The molecule has 0 bridgehead atoms. The smallest absolute Gasteiger partial charge is 0.188 e. The van der Waals surface area contributed by atoms with Crippen molar-refractivity contribution in [2.24, 2.45) is 0 Å². The molecule has 86 valence electrons. The number of allylic oxidation sites excluding steroid dienone is 1. The van der Waals surface area contributed by atoms with Crippen LogP contribution >= 0.6 is 11.8 Å². The molecule has 0 aliphatic carbocycles. The monoisotopic (exact) mass is 242 g/mol. The van der Waals surface area contributed by atoms with Gasteiger partial charge in [-0.05, 0) is 18.1 Å². The number of nitrogens with zero attached hydrogens (tertiary/aromatic N) is 2. The lowest BCUT2D eigenvalue weighted by molar-refractivity contribution is 0.922. The average Bonchev–Trinajstić information content (AvgIpc) is 2.40. The molecule has 1 unspecified atom stereocenters. The zero-order valence-corrected chi connectivity index (χ0v) is 10.3. The van der Waals surface area contributed by atoms with E-state index in [2.05, 4.69) is 40.8 Å². The Balaban J connectivity index is 2.16. The molecule has 3 heteroatoms. The fourth-order valence-corrected chi connectivity index (χ4v) is 2.57. The van der Waals surface area contributed by atoms with Gasteiger partial charge in [0.2, 0.25) is 0 Å². The summed E-state index contributed by atoms with van der Waals surface area (Å²) in [6.45, 7) is 3.81. The van der Waals surface area contributed by atoms with Crippen molar-refractivity contribution in [1.82, 2.24) is 9.97 Å². The highest BCUT2D eigenvalue weighted by Crippen LogP contribution is 2.35. The lowest BCUT2D eigenvalue weighted by Crippen LogP contribution is -1.94. The van der Waals surface area contributed by atoms with Crippen molar-refractivity contribution >= 4 is 11.8 Å². The van der Waals surface area contributed by atoms with Gasteiger partial charge >= 0.3 is 0 Å². The van der Waals surface area contributed by atoms with Crippen LogP contribution in [0.4, 0.5) is 0 Å². The van der Waals surface area contributed by atoms with Gasteiger partial charge in [0.25, 0.3) is 0 Å². The summed E-state index contributed by atoms with van der Waals surface area (Å²) in [5, 5.41) is 1.14. The van der Waals surface area contributed by atoms with Crippen molar-refractivity contribution in [3.8, 4) is 0 Å². The number of benzene rings is 1. The lowest BCUT2D eigenvalue weighted by atomic mass is 10.1. The molecule has 1 aromatic carbocycles. The molecule has 2 rings (SSSR count). The molecule has 0 N–H and O–H groups in total. The van der Waals surface area contributed by atoms with Crippen molar-refractivity contribution in [3.63, 3.8) is 0 Å². The predicted molar refractivity (Wildman–Crippen MR) is 71.9 cm³/mol. The Morgan fingerprint density at radius 1 is 1.12 bits per heavy atom. The van der Waals surface area contributed by atoms with E-state index in [1.165, 1.54) is 5.56 Å².